The molecule has 1 heteroatoms. The molecule has 4 aliphatic rings. The molecule has 0 heterocycles. The van der Waals surface area contributed by atoms with Crippen LogP contribution in [0.25, 0.3) is 0 Å². The van der Waals surface area contributed by atoms with Crippen LogP contribution in [0.5, 0.6) is 0 Å². The van der Waals surface area contributed by atoms with E-state index in [-0.39, 0.29) is 0 Å². The Morgan fingerprint density at radius 3 is 2.37 bits per heavy atom. The van der Waals surface area contributed by atoms with Crippen molar-refractivity contribution in [1.82, 2.24) is 0 Å². The lowest BCUT2D eigenvalue weighted by Crippen LogP contribution is -2.54. The molecule has 0 spiro atoms. The van der Waals surface area contributed by atoms with Crippen molar-refractivity contribution in [2.45, 2.75) is 118 Å². The molecule has 30 heavy (non-hydrogen) atoms. The van der Waals surface area contributed by atoms with Gasteiger partial charge in [0.1, 0.15) is 0 Å². The van der Waals surface area contributed by atoms with Crippen molar-refractivity contribution in [3.8, 4) is 0 Å². The van der Waals surface area contributed by atoms with Gasteiger partial charge in [0.2, 0.25) is 0 Å². The topological polar surface area (TPSA) is 9.23 Å². The summed E-state index contributed by atoms with van der Waals surface area (Å²) in [5.74, 6) is 6.65. The quantitative estimate of drug-likeness (QED) is 0.379. The van der Waals surface area contributed by atoms with Gasteiger partial charge in [0.25, 0.3) is 0 Å². The van der Waals surface area contributed by atoms with Crippen molar-refractivity contribution < 1.29 is 4.74 Å². The van der Waals surface area contributed by atoms with Gasteiger partial charge in [-0.2, -0.15) is 0 Å². The van der Waals surface area contributed by atoms with Gasteiger partial charge >= 0.3 is 0 Å². The third-order valence-corrected chi connectivity index (χ3v) is 11.1. The van der Waals surface area contributed by atoms with Crippen molar-refractivity contribution in [2.24, 2.45) is 52.3 Å². The number of ether oxygens (including phenoxy) is 1. The van der Waals surface area contributed by atoms with E-state index in [0.29, 0.717) is 16.9 Å². The zero-order chi connectivity index (χ0) is 21.5. The van der Waals surface area contributed by atoms with Crippen LogP contribution in [0.1, 0.15) is 112 Å². The van der Waals surface area contributed by atoms with Crippen molar-refractivity contribution in [3.63, 3.8) is 0 Å². The summed E-state index contributed by atoms with van der Waals surface area (Å²) >= 11 is 0. The monoisotopic (exact) mass is 414 g/mol. The van der Waals surface area contributed by atoms with Crippen LogP contribution >= 0.6 is 0 Å². The van der Waals surface area contributed by atoms with Gasteiger partial charge < -0.3 is 4.74 Å². The normalized spacial score (nSPS) is 46.6. The predicted molar refractivity (Wildman–Crippen MR) is 128 cm³/mol. The van der Waals surface area contributed by atoms with Crippen LogP contribution in [0, 0.1) is 52.3 Å². The van der Waals surface area contributed by atoms with E-state index in [1.54, 1.807) is 6.26 Å². The molecule has 0 aliphatic heterocycles. The minimum Gasteiger partial charge on any atom is -0.499 e. The summed E-state index contributed by atoms with van der Waals surface area (Å²) in [5, 5.41) is 0. The molecule has 0 N–H and O–H groups in total. The average Bonchev–Trinajstić information content (AvgIpc) is 3.05. The Bertz CT molecular complexity index is 595. The van der Waals surface area contributed by atoms with Crippen LogP contribution in [0.15, 0.2) is 12.8 Å². The predicted octanol–water partition coefficient (Wildman–Crippen LogP) is 8.64. The smallest absolute Gasteiger partial charge is 0.0981 e. The molecule has 0 aromatic carbocycles. The highest BCUT2D eigenvalue weighted by Crippen LogP contribution is 2.68. The first kappa shape index (κ1) is 22.7. The summed E-state index contributed by atoms with van der Waals surface area (Å²) in [4.78, 5) is 0. The van der Waals surface area contributed by atoms with E-state index in [2.05, 4.69) is 41.2 Å². The number of hydrogen-bond acceptors (Lipinski definition) is 1. The molecule has 0 bridgehead atoms. The summed E-state index contributed by atoms with van der Waals surface area (Å²) in [6.07, 6.45) is 19.4. The maximum atomic E-state index is 5.85. The van der Waals surface area contributed by atoms with Gasteiger partial charge in [-0.1, -0.05) is 60.5 Å². The summed E-state index contributed by atoms with van der Waals surface area (Å²) < 4.78 is 5.85. The van der Waals surface area contributed by atoms with Crippen LogP contribution in [-0.4, -0.2) is 6.10 Å². The molecule has 0 aromatic heterocycles. The fourth-order valence-corrected chi connectivity index (χ4v) is 9.50. The first-order valence-electron chi connectivity index (χ1n) is 13.6. The van der Waals surface area contributed by atoms with Crippen molar-refractivity contribution >= 4 is 0 Å². The highest BCUT2D eigenvalue weighted by molar-refractivity contribution is 5.09. The Labute approximate surface area is 187 Å². The molecule has 0 radical (unpaired) electrons. The summed E-state index contributed by atoms with van der Waals surface area (Å²) in [5.41, 5.74) is 1.21. The minimum atomic E-state index is 0.438. The SMILES string of the molecule is C=CO[C@H]1CC[C@@]2(C)[C@@H](CC[C@@H]3[C@@H]2CC[C@]2(C)[C@@H]([C@H](C)CCCC(C)C)CC[C@@H]32)C1. The molecule has 0 saturated heterocycles. The third kappa shape index (κ3) is 3.90. The Balaban J connectivity index is 1.44. The number of hydrogen-bond donors (Lipinski definition) is 0. The zero-order valence-corrected chi connectivity index (χ0v) is 20.8. The molecule has 0 unspecified atom stereocenters. The van der Waals surface area contributed by atoms with Gasteiger partial charge in [-0.15, -0.1) is 0 Å². The molecular formula is C29H50O. The Hall–Kier alpha value is -0.460. The van der Waals surface area contributed by atoms with Crippen LogP contribution in [0.3, 0.4) is 0 Å². The summed E-state index contributed by atoms with van der Waals surface area (Å²) in [6.45, 7) is 16.6. The standard InChI is InChI=1S/C29H50O/c1-7-30-23-15-17-28(5)22(19-23)11-12-24-26-14-13-25(21(4)10-8-9-20(2)3)29(26,6)18-16-27(24)28/h7,20-27H,1,8-19H2,2-6H3/t21-,22+,23+,24+,25-,26+,27+,28+,29-/m1/s1. The molecule has 4 rings (SSSR count). The summed E-state index contributed by atoms with van der Waals surface area (Å²) in [6, 6.07) is 0. The van der Waals surface area contributed by atoms with E-state index in [0.717, 1.165) is 41.4 Å². The second kappa shape index (κ2) is 8.82. The lowest BCUT2D eigenvalue weighted by Gasteiger charge is -2.61. The molecule has 4 saturated carbocycles. The Morgan fingerprint density at radius 2 is 1.63 bits per heavy atom. The van der Waals surface area contributed by atoms with Crippen LogP contribution < -0.4 is 0 Å². The van der Waals surface area contributed by atoms with Gasteiger partial charge in [0.15, 0.2) is 0 Å². The molecule has 0 aromatic rings. The van der Waals surface area contributed by atoms with Gasteiger partial charge in [-0.05, 0) is 110 Å². The maximum absolute atomic E-state index is 5.85. The highest BCUT2D eigenvalue weighted by atomic mass is 16.5. The van der Waals surface area contributed by atoms with E-state index >= 15 is 0 Å². The lowest BCUT2D eigenvalue weighted by atomic mass is 9.44. The van der Waals surface area contributed by atoms with Gasteiger partial charge in [-0.25, -0.2) is 0 Å². The van der Waals surface area contributed by atoms with Crippen molar-refractivity contribution in [1.29, 1.82) is 0 Å². The largest absolute Gasteiger partial charge is 0.499 e. The second-order valence-electron chi connectivity index (χ2n) is 12.9. The van der Waals surface area contributed by atoms with Gasteiger partial charge in [0.05, 0.1) is 12.4 Å². The van der Waals surface area contributed by atoms with Crippen molar-refractivity contribution in [2.75, 3.05) is 0 Å². The Morgan fingerprint density at radius 1 is 0.900 bits per heavy atom. The zero-order valence-electron chi connectivity index (χ0n) is 20.8. The van der Waals surface area contributed by atoms with E-state index in [9.17, 15) is 0 Å². The van der Waals surface area contributed by atoms with E-state index < -0.39 is 0 Å². The number of rotatable bonds is 7. The molecular weight excluding hydrogens is 364 g/mol. The first-order chi connectivity index (χ1) is 14.3. The van der Waals surface area contributed by atoms with Crippen LogP contribution in [-0.2, 0) is 4.74 Å². The molecule has 4 aliphatic carbocycles. The molecule has 4 fully saturated rings. The molecule has 172 valence electrons. The second-order valence-corrected chi connectivity index (χ2v) is 12.9. The Kier molecular flexibility index (Phi) is 6.68. The van der Waals surface area contributed by atoms with Gasteiger partial charge in [0, 0.05) is 0 Å². The third-order valence-electron chi connectivity index (χ3n) is 11.1. The first-order valence-corrected chi connectivity index (χ1v) is 13.6. The molecule has 0 amide bonds. The lowest BCUT2D eigenvalue weighted by molar-refractivity contribution is -0.130. The van der Waals surface area contributed by atoms with E-state index in [1.807, 2.05) is 0 Å². The van der Waals surface area contributed by atoms with Gasteiger partial charge in [-0.3, -0.25) is 0 Å². The van der Waals surface area contributed by atoms with Crippen molar-refractivity contribution in [3.05, 3.63) is 12.8 Å². The molecule has 9 atom stereocenters. The maximum Gasteiger partial charge on any atom is 0.0981 e. The number of fused-ring (bicyclic) bond motifs is 5. The minimum absolute atomic E-state index is 0.438. The fraction of sp³-hybridized carbons (Fsp3) is 0.931. The fourth-order valence-electron chi connectivity index (χ4n) is 9.50. The summed E-state index contributed by atoms with van der Waals surface area (Å²) in [7, 11) is 0. The highest BCUT2D eigenvalue weighted by Gasteiger charge is 2.60. The average molecular weight is 415 g/mol. The molecule has 1 nitrogen and oxygen atoms in total. The van der Waals surface area contributed by atoms with Crippen LogP contribution in [0.4, 0.5) is 0 Å². The van der Waals surface area contributed by atoms with E-state index in [4.69, 9.17) is 4.74 Å². The van der Waals surface area contributed by atoms with Crippen LogP contribution in [0.2, 0.25) is 0 Å². The van der Waals surface area contributed by atoms with E-state index in [1.165, 1.54) is 77.0 Å².